The fourth-order valence-corrected chi connectivity index (χ4v) is 2.38. The predicted molar refractivity (Wildman–Crippen MR) is 89.1 cm³/mol. The van der Waals surface area contributed by atoms with Gasteiger partial charge in [0, 0.05) is 11.1 Å². The summed E-state index contributed by atoms with van der Waals surface area (Å²) in [6.45, 7) is 5.18. The fraction of sp³-hybridized carbons (Fsp3) is 0.412. The SMILES string of the molecule is COc1ccc(-c2nc(C)no2)cc1CC(=O)N[C@H](C(=O)O)C(C)C. The fourth-order valence-electron chi connectivity index (χ4n) is 2.38. The van der Waals surface area contributed by atoms with Crippen molar-refractivity contribution in [2.45, 2.75) is 33.2 Å². The van der Waals surface area contributed by atoms with Crippen LogP contribution in [0.5, 0.6) is 5.75 Å². The molecule has 0 fully saturated rings. The van der Waals surface area contributed by atoms with Crippen molar-refractivity contribution in [2.75, 3.05) is 7.11 Å². The highest BCUT2D eigenvalue weighted by molar-refractivity contribution is 5.85. The van der Waals surface area contributed by atoms with Crippen molar-refractivity contribution in [3.63, 3.8) is 0 Å². The summed E-state index contributed by atoms with van der Waals surface area (Å²) >= 11 is 0. The molecule has 0 radical (unpaired) electrons. The lowest BCUT2D eigenvalue weighted by Crippen LogP contribution is -2.44. The molecule has 8 heteroatoms. The highest BCUT2D eigenvalue weighted by Crippen LogP contribution is 2.26. The van der Waals surface area contributed by atoms with Crippen LogP contribution in [0.25, 0.3) is 11.5 Å². The Balaban J connectivity index is 2.22. The van der Waals surface area contributed by atoms with Crippen LogP contribution in [0.2, 0.25) is 0 Å². The number of nitrogens with one attached hydrogen (secondary N) is 1. The number of carbonyl (C=O) groups excluding carboxylic acids is 1. The number of aromatic nitrogens is 2. The lowest BCUT2D eigenvalue weighted by atomic mass is 10.0. The molecule has 0 bridgehead atoms. The number of benzene rings is 1. The number of carboxylic acid groups (broad SMARTS) is 1. The van der Waals surface area contributed by atoms with Gasteiger partial charge in [-0.05, 0) is 31.0 Å². The Bertz CT molecular complexity index is 769. The molecule has 0 saturated heterocycles. The zero-order valence-corrected chi connectivity index (χ0v) is 14.6. The number of aryl methyl sites for hydroxylation is 1. The Kier molecular flexibility index (Phi) is 5.74. The first kappa shape index (κ1) is 18.4. The average Bonchev–Trinajstić information content (AvgIpc) is 2.98. The molecule has 0 aliphatic carbocycles. The number of methoxy groups -OCH3 is 1. The molecule has 25 heavy (non-hydrogen) atoms. The van der Waals surface area contributed by atoms with Crippen LogP contribution in [0, 0.1) is 12.8 Å². The van der Waals surface area contributed by atoms with Gasteiger partial charge in [-0.15, -0.1) is 0 Å². The molecule has 1 amide bonds. The molecule has 0 aliphatic heterocycles. The third kappa shape index (κ3) is 4.56. The Hall–Kier alpha value is -2.90. The summed E-state index contributed by atoms with van der Waals surface area (Å²) in [5.74, 6) is -0.329. The summed E-state index contributed by atoms with van der Waals surface area (Å²) in [7, 11) is 1.50. The van der Waals surface area contributed by atoms with Crippen LogP contribution in [0.3, 0.4) is 0 Å². The largest absolute Gasteiger partial charge is 0.496 e. The molecule has 0 saturated carbocycles. The van der Waals surface area contributed by atoms with E-state index in [1.54, 1.807) is 39.0 Å². The summed E-state index contributed by atoms with van der Waals surface area (Å²) in [5.41, 5.74) is 1.25. The van der Waals surface area contributed by atoms with Gasteiger partial charge in [0.25, 0.3) is 5.89 Å². The first-order valence-corrected chi connectivity index (χ1v) is 7.81. The number of hydrogen-bond acceptors (Lipinski definition) is 6. The zero-order chi connectivity index (χ0) is 18.6. The predicted octanol–water partition coefficient (Wildman–Crippen LogP) is 1.82. The summed E-state index contributed by atoms with van der Waals surface area (Å²) in [4.78, 5) is 27.7. The van der Waals surface area contributed by atoms with Crippen molar-refractivity contribution in [3.8, 4) is 17.2 Å². The number of hydrogen-bond donors (Lipinski definition) is 2. The molecule has 1 aromatic carbocycles. The minimum atomic E-state index is -1.06. The molecule has 1 heterocycles. The quantitative estimate of drug-likeness (QED) is 0.785. The molecule has 0 spiro atoms. The molecular formula is C17H21N3O5. The number of nitrogens with zero attached hydrogens (tertiary/aromatic N) is 2. The van der Waals surface area contributed by atoms with E-state index in [1.165, 1.54) is 7.11 Å². The van der Waals surface area contributed by atoms with Gasteiger partial charge in [-0.25, -0.2) is 4.79 Å². The normalized spacial score (nSPS) is 12.0. The molecule has 2 rings (SSSR count). The second-order valence-electron chi connectivity index (χ2n) is 5.98. The summed E-state index contributed by atoms with van der Waals surface area (Å²) in [6, 6.07) is 4.23. The van der Waals surface area contributed by atoms with Crippen LogP contribution in [0.4, 0.5) is 0 Å². The van der Waals surface area contributed by atoms with Crippen LogP contribution in [-0.2, 0) is 16.0 Å². The molecule has 134 valence electrons. The van der Waals surface area contributed by atoms with Crippen molar-refractivity contribution in [1.29, 1.82) is 0 Å². The van der Waals surface area contributed by atoms with Crippen LogP contribution >= 0.6 is 0 Å². The maximum absolute atomic E-state index is 12.3. The number of rotatable bonds is 7. The van der Waals surface area contributed by atoms with Crippen molar-refractivity contribution in [1.82, 2.24) is 15.5 Å². The van der Waals surface area contributed by atoms with E-state index in [1.807, 2.05) is 0 Å². The minimum Gasteiger partial charge on any atom is -0.496 e. The van der Waals surface area contributed by atoms with Gasteiger partial charge in [0.05, 0.1) is 13.5 Å². The summed E-state index contributed by atoms with van der Waals surface area (Å²) in [5, 5.41) is 15.5. The van der Waals surface area contributed by atoms with E-state index in [-0.39, 0.29) is 12.3 Å². The monoisotopic (exact) mass is 347 g/mol. The average molecular weight is 347 g/mol. The molecule has 1 aromatic heterocycles. The number of carbonyl (C=O) groups is 2. The number of amides is 1. The second-order valence-corrected chi connectivity index (χ2v) is 5.98. The Labute approximate surface area is 145 Å². The molecular weight excluding hydrogens is 326 g/mol. The van der Waals surface area contributed by atoms with Gasteiger partial charge >= 0.3 is 5.97 Å². The summed E-state index contributed by atoms with van der Waals surface area (Å²) < 4.78 is 10.4. The Morgan fingerprint density at radius 2 is 2.08 bits per heavy atom. The second kappa shape index (κ2) is 7.78. The van der Waals surface area contributed by atoms with E-state index in [9.17, 15) is 14.7 Å². The molecule has 2 aromatic rings. The van der Waals surface area contributed by atoms with Gasteiger partial charge in [0.1, 0.15) is 11.8 Å². The molecule has 1 atom stereocenters. The highest BCUT2D eigenvalue weighted by Gasteiger charge is 2.24. The van der Waals surface area contributed by atoms with Gasteiger partial charge in [-0.2, -0.15) is 4.98 Å². The van der Waals surface area contributed by atoms with Gasteiger partial charge in [0.15, 0.2) is 5.82 Å². The van der Waals surface area contributed by atoms with Crippen molar-refractivity contribution in [2.24, 2.45) is 5.92 Å². The lowest BCUT2D eigenvalue weighted by molar-refractivity contribution is -0.143. The van der Waals surface area contributed by atoms with Crippen molar-refractivity contribution in [3.05, 3.63) is 29.6 Å². The van der Waals surface area contributed by atoms with Gasteiger partial charge in [-0.1, -0.05) is 19.0 Å². The van der Waals surface area contributed by atoms with E-state index in [2.05, 4.69) is 15.5 Å². The van der Waals surface area contributed by atoms with Crippen LogP contribution < -0.4 is 10.1 Å². The lowest BCUT2D eigenvalue weighted by Gasteiger charge is -2.18. The number of carboxylic acids is 1. The molecule has 8 nitrogen and oxygen atoms in total. The summed E-state index contributed by atoms with van der Waals surface area (Å²) in [6.07, 6.45) is -0.0272. The van der Waals surface area contributed by atoms with E-state index >= 15 is 0 Å². The van der Waals surface area contributed by atoms with Crippen LogP contribution in [0.15, 0.2) is 22.7 Å². The van der Waals surface area contributed by atoms with Crippen molar-refractivity contribution < 1.29 is 24.0 Å². The number of aliphatic carboxylic acids is 1. The first-order chi connectivity index (χ1) is 11.8. The standard InChI is InChI=1S/C17H21N3O5/c1-9(2)15(17(22)23)19-14(21)8-12-7-11(5-6-13(12)24-4)16-18-10(3)20-25-16/h5-7,9,15H,8H2,1-4H3,(H,19,21)(H,22,23)/t15-/m0/s1. The third-order valence-electron chi connectivity index (χ3n) is 3.66. The topological polar surface area (TPSA) is 115 Å². The van der Waals surface area contributed by atoms with Gasteiger partial charge < -0.3 is 19.7 Å². The van der Waals surface area contributed by atoms with Gasteiger partial charge in [0.2, 0.25) is 5.91 Å². The first-order valence-electron chi connectivity index (χ1n) is 7.81. The third-order valence-corrected chi connectivity index (χ3v) is 3.66. The maximum atomic E-state index is 12.3. The van der Waals surface area contributed by atoms with Crippen LogP contribution in [0.1, 0.15) is 25.2 Å². The number of ether oxygens (including phenoxy) is 1. The zero-order valence-electron chi connectivity index (χ0n) is 14.6. The van der Waals surface area contributed by atoms with E-state index in [0.29, 0.717) is 28.6 Å². The maximum Gasteiger partial charge on any atom is 0.326 e. The van der Waals surface area contributed by atoms with Gasteiger partial charge in [-0.3, -0.25) is 4.79 Å². The van der Waals surface area contributed by atoms with Crippen molar-refractivity contribution >= 4 is 11.9 Å². The minimum absolute atomic E-state index is 0.0272. The highest BCUT2D eigenvalue weighted by atomic mass is 16.5. The molecule has 0 unspecified atom stereocenters. The molecule has 0 aliphatic rings. The molecule has 2 N–H and O–H groups in total. The smallest absolute Gasteiger partial charge is 0.326 e. The van der Waals surface area contributed by atoms with E-state index in [0.717, 1.165) is 0 Å². The Morgan fingerprint density at radius 3 is 2.60 bits per heavy atom. The van der Waals surface area contributed by atoms with E-state index < -0.39 is 17.9 Å². The van der Waals surface area contributed by atoms with Crippen LogP contribution in [-0.4, -0.2) is 40.3 Å². The Morgan fingerprint density at radius 1 is 1.36 bits per heavy atom. The van der Waals surface area contributed by atoms with E-state index in [4.69, 9.17) is 9.26 Å².